The molecule has 1 N–H and O–H groups in total. The normalized spacial score (nSPS) is 16.6. The number of pyridine rings is 1. The number of thiophene rings is 1. The number of benzene rings is 1. The monoisotopic (exact) mass is 404 g/mol. The lowest BCUT2D eigenvalue weighted by molar-refractivity contribution is -0.130. The molecule has 0 fully saturated rings. The zero-order valence-electron chi connectivity index (χ0n) is 16.1. The van der Waals surface area contributed by atoms with E-state index in [4.69, 9.17) is 0 Å². The molecule has 0 saturated carbocycles. The number of aliphatic hydroxyl groups excluding tert-OH is 1. The summed E-state index contributed by atoms with van der Waals surface area (Å²) in [6.45, 7) is 4.27. The molecular weight excluding hydrogens is 384 g/mol. The molecule has 6 heteroatoms. The van der Waals surface area contributed by atoms with E-state index >= 15 is 0 Å². The number of nitrogens with zero attached hydrogens (tertiary/aromatic N) is 2. The van der Waals surface area contributed by atoms with Crippen molar-refractivity contribution in [3.63, 3.8) is 0 Å². The topological polar surface area (TPSA) is 70.5 Å². The van der Waals surface area contributed by atoms with Crippen molar-refractivity contribution in [2.24, 2.45) is 0 Å². The Kier molecular flexibility index (Phi) is 5.03. The van der Waals surface area contributed by atoms with E-state index < -0.39 is 17.7 Å². The fourth-order valence-corrected chi connectivity index (χ4v) is 4.31. The number of rotatable bonds is 5. The maximum atomic E-state index is 13.2. The van der Waals surface area contributed by atoms with Gasteiger partial charge in [-0.2, -0.15) is 0 Å². The van der Waals surface area contributed by atoms with Gasteiger partial charge in [-0.1, -0.05) is 35.9 Å². The van der Waals surface area contributed by atoms with Crippen molar-refractivity contribution in [1.29, 1.82) is 0 Å². The summed E-state index contributed by atoms with van der Waals surface area (Å²) in [5, 5.41) is 12.5. The number of aromatic nitrogens is 1. The quantitative estimate of drug-likeness (QED) is 0.634. The van der Waals surface area contributed by atoms with E-state index in [1.165, 1.54) is 11.3 Å². The summed E-state index contributed by atoms with van der Waals surface area (Å²) in [4.78, 5) is 32.4. The van der Waals surface area contributed by atoms with Crippen molar-refractivity contribution < 1.29 is 14.7 Å². The van der Waals surface area contributed by atoms with Crippen LogP contribution in [-0.2, 0) is 11.3 Å². The molecule has 0 radical (unpaired) electrons. The number of aryl methyl sites for hydroxylation is 2. The molecular formula is C23H20N2O3S. The van der Waals surface area contributed by atoms with Crippen LogP contribution in [0, 0.1) is 13.8 Å². The van der Waals surface area contributed by atoms with E-state index in [9.17, 15) is 14.7 Å². The maximum Gasteiger partial charge on any atom is 0.290 e. The molecule has 146 valence electrons. The third-order valence-corrected chi connectivity index (χ3v) is 6.01. The van der Waals surface area contributed by atoms with Crippen molar-refractivity contribution in [1.82, 2.24) is 9.88 Å². The maximum absolute atomic E-state index is 13.2. The van der Waals surface area contributed by atoms with Gasteiger partial charge in [0.15, 0.2) is 5.76 Å². The van der Waals surface area contributed by atoms with Crippen molar-refractivity contribution in [2.75, 3.05) is 0 Å². The summed E-state index contributed by atoms with van der Waals surface area (Å²) in [7, 11) is 0. The minimum absolute atomic E-state index is 0.107. The first-order chi connectivity index (χ1) is 14.0. The van der Waals surface area contributed by atoms with Crippen molar-refractivity contribution >= 4 is 23.0 Å². The highest BCUT2D eigenvalue weighted by atomic mass is 32.1. The lowest BCUT2D eigenvalue weighted by atomic mass is 9.96. The standard InChI is InChI=1S/C23H20N2O3S/c1-14-7-8-15(2)17(11-14)13-25-20(16-5-3-9-24-12-16)19(22(27)23(25)28)21(26)18-6-4-10-29-18/h3-12,20,27H,13H2,1-2H3. The van der Waals surface area contributed by atoms with E-state index in [1.807, 2.05) is 38.1 Å². The molecule has 3 heterocycles. The number of aliphatic hydroxyl groups is 1. The molecule has 1 aliphatic heterocycles. The number of ketones is 1. The van der Waals surface area contributed by atoms with Gasteiger partial charge in [-0.3, -0.25) is 14.6 Å². The van der Waals surface area contributed by atoms with Crippen molar-refractivity contribution in [3.8, 4) is 0 Å². The third-order valence-electron chi connectivity index (χ3n) is 5.14. The summed E-state index contributed by atoms with van der Waals surface area (Å²) in [5.41, 5.74) is 3.91. The SMILES string of the molecule is Cc1ccc(C)c(CN2C(=O)C(O)=C(C(=O)c3cccs3)C2c2cccnc2)c1. The van der Waals surface area contributed by atoms with Gasteiger partial charge in [0, 0.05) is 18.9 Å². The van der Waals surface area contributed by atoms with Crippen LogP contribution in [0.5, 0.6) is 0 Å². The molecule has 0 bridgehead atoms. The van der Waals surface area contributed by atoms with Crippen LogP contribution in [0.2, 0.25) is 0 Å². The highest BCUT2D eigenvalue weighted by Crippen LogP contribution is 2.40. The molecule has 1 aromatic carbocycles. The number of hydrogen-bond donors (Lipinski definition) is 1. The second-order valence-electron chi connectivity index (χ2n) is 7.12. The van der Waals surface area contributed by atoms with Gasteiger partial charge in [0.2, 0.25) is 5.78 Å². The Hall–Kier alpha value is -3.25. The van der Waals surface area contributed by atoms with Crippen LogP contribution in [0.15, 0.2) is 71.6 Å². The molecule has 0 spiro atoms. The van der Waals surface area contributed by atoms with Crippen LogP contribution in [0.1, 0.15) is 38.0 Å². The Labute approximate surface area is 173 Å². The van der Waals surface area contributed by atoms with Gasteiger partial charge in [0.05, 0.1) is 16.5 Å². The second-order valence-corrected chi connectivity index (χ2v) is 8.07. The van der Waals surface area contributed by atoms with Crippen molar-refractivity contribution in [3.05, 3.63) is 98.7 Å². The molecule has 0 saturated heterocycles. The summed E-state index contributed by atoms with van der Waals surface area (Å²) >= 11 is 1.29. The van der Waals surface area contributed by atoms with Gasteiger partial charge < -0.3 is 10.0 Å². The molecule has 0 aliphatic carbocycles. The summed E-state index contributed by atoms with van der Waals surface area (Å²) in [6.07, 6.45) is 3.27. The lowest BCUT2D eigenvalue weighted by Crippen LogP contribution is -2.31. The van der Waals surface area contributed by atoms with Crippen LogP contribution in [0.3, 0.4) is 0 Å². The second kappa shape index (κ2) is 7.64. The van der Waals surface area contributed by atoms with E-state index in [0.717, 1.165) is 16.7 Å². The predicted molar refractivity (Wildman–Crippen MR) is 112 cm³/mol. The summed E-state index contributed by atoms with van der Waals surface area (Å²) in [5.74, 6) is -1.36. The van der Waals surface area contributed by atoms with E-state index in [-0.39, 0.29) is 17.9 Å². The predicted octanol–water partition coefficient (Wildman–Crippen LogP) is 4.54. The molecule has 29 heavy (non-hydrogen) atoms. The van der Waals surface area contributed by atoms with Crippen LogP contribution in [-0.4, -0.2) is 26.7 Å². The van der Waals surface area contributed by atoms with Gasteiger partial charge in [0.1, 0.15) is 0 Å². The zero-order valence-corrected chi connectivity index (χ0v) is 16.9. The Balaban J connectivity index is 1.80. The van der Waals surface area contributed by atoms with Gasteiger partial charge in [-0.25, -0.2) is 0 Å². The fourth-order valence-electron chi connectivity index (χ4n) is 3.63. The van der Waals surface area contributed by atoms with Crippen LogP contribution in [0.4, 0.5) is 0 Å². The van der Waals surface area contributed by atoms with Crippen molar-refractivity contribution in [2.45, 2.75) is 26.4 Å². The zero-order chi connectivity index (χ0) is 20.5. The molecule has 5 nitrogen and oxygen atoms in total. The fraction of sp³-hybridized carbons (Fsp3) is 0.174. The molecule has 1 unspecified atom stereocenters. The molecule has 1 atom stereocenters. The Morgan fingerprint density at radius 2 is 2.03 bits per heavy atom. The smallest absolute Gasteiger partial charge is 0.290 e. The molecule has 3 aromatic rings. The largest absolute Gasteiger partial charge is 0.503 e. The highest BCUT2D eigenvalue weighted by molar-refractivity contribution is 7.12. The minimum atomic E-state index is -0.689. The minimum Gasteiger partial charge on any atom is -0.503 e. The number of Topliss-reactive ketones (excluding diaryl/α,β-unsaturated/α-hetero) is 1. The van der Waals surface area contributed by atoms with Crippen LogP contribution < -0.4 is 0 Å². The van der Waals surface area contributed by atoms with Gasteiger partial charge in [0.25, 0.3) is 5.91 Å². The van der Waals surface area contributed by atoms with E-state index in [0.29, 0.717) is 10.4 Å². The molecule has 1 aliphatic rings. The Morgan fingerprint density at radius 1 is 1.21 bits per heavy atom. The van der Waals surface area contributed by atoms with Gasteiger partial charge in [-0.15, -0.1) is 11.3 Å². The number of hydrogen-bond acceptors (Lipinski definition) is 5. The first-order valence-corrected chi connectivity index (χ1v) is 10.1. The molecule has 1 amide bonds. The first kappa shape index (κ1) is 19.1. The van der Waals surface area contributed by atoms with E-state index in [1.54, 1.807) is 40.9 Å². The third kappa shape index (κ3) is 3.47. The number of carbonyl (C=O) groups excluding carboxylic acids is 2. The summed E-state index contributed by atoms with van der Waals surface area (Å²) < 4.78 is 0. The lowest BCUT2D eigenvalue weighted by Gasteiger charge is -2.27. The first-order valence-electron chi connectivity index (χ1n) is 9.25. The highest BCUT2D eigenvalue weighted by Gasteiger charge is 2.44. The van der Waals surface area contributed by atoms with Crippen LogP contribution >= 0.6 is 11.3 Å². The number of carbonyl (C=O) groups is 2. The Bertz CT molecular complexity index is 1100. The average Bonchev–Trinajstić information content (AvgIpc) is 3.34. The Morgan fingerprint density at radius 3 is 2.72 bits per heavy atom. The number of amides is 1. The molecule has 4 rings (SSSR count). The molecule has 2 aromatic heterocycles. The van der Waals surface area contributed by atoms with E-state index in [2.05, 4.69) is 4.98 Å². The van der Waals surface area contributed by atoms with Gasteiger partial charge >= 0.3 is 0 Å². The van der Waals surface area contributed by atoms with Crippen LogP contribution in [0.25, 0.3) is 0 Å². The average molecular weight is 404 g/mol. The van der Waals surface area contributed by atoms with Gasteiger partial charge in [-0.05, 0) is 48.1 Å². The summed E-state index contributed by atoms with van der Waals surface area (Å²) in [6, 6.07) is 12.4.